The van der Waals surface area contributed by atoms with Gasteiger partial charge in [0.25, 0.3) is 0 Å². The van der Waals surface area contributed by atoms with Crippen LogP contribution in [-0.2, 0) is 11.2 Å². The zero-order chi connectivity index (χ0) is 12.0. The van der Waals surface area contributed by atoms with Crippen LogP contribution in [0, 0.1) is 5.82 Å². The van der Waals surface area contributed by atoms with Crippen molar-refractivity contribution in [2.45, 2.75) is 25.8 Å². The summed E-state index contributed by atoms with van der Waals surface area (Å²) < 4.78 is 18.0. The Kier molecular flexibility index (Phi) is 5.74. The molecule has 0 radical (unpaired) electrons. The molecule has 0 amide bonds. The SMILES string of the molecule is CCOCCC(N)Cc1ccc(F)cc1Cl. The zero-order valence-electron chi connectivity index (χ0n) is 9.38. The highest BCUT2D eigenvalue weighted by Gasteiger charge is 2.08. The topological polar surface area (TPSA) is 35.2 Å². The van der Waals surface area contributed by atoms with Crippen LogP contribution in [0.5, 0.6) is 0 Å². The second-order valence-corrected chi connectivity index (χ2v) is 4.09. The van der Waals surface area contributed by atoms with Gasteiger partial charge in [-0.25, -0.2) is 4.39 Å². The predicted octanol–water partition coefficient (Wildman–Crippen LogP) is 2.78. The summed E-state index contributed by atoms with van der Waals surface area (Å²) in [6.07, 6.45) is 1.42. The number of nitrogens with two attached hydrogens (primary N) is 1. The van der Waals surface area contributed by atoms with E-state index in [0.29, 0.717) is 24.7 Å². The Morgan fingerprint density at radius 3 is 2.88 bits per heavy atom. The molecule has 2 nitrogen and oxygen atoms in total. The highest BCUT2D eigenvalue weighted by molar-refractivity contribution is 6.31. The summed E-state index contributed by atoms with van der Waals surface area (Å²) in [5.41, 5.74) is 6.80. The van der Waals surface area contributed by atoms with Crippen LogP contribution in [0.15, 0.2) is 18.2 Å². The fourth-order valence-corrected chi connectivity index (χ4v) is 1.70. The van der Waals surface area contributed by atoms with Crippen molar-refractivity contribution in [1.82, 2.24) is 0 Å². The fourth-order valence-electron chi connectivity index (χ4n) is 1.45. The molecule has 0 saturated carbocycles. The van der Waals surface area contributed by atoms with Gasteiger partial charge in [0.2, 0.25) is 0 Å². The molecule has 0 saturated heterocycles. The monoisotopic (exact) mass is 245 g/mol. The molecular formula is C12H17ClFNO. The van der Waals surface area contributed by atoms with E-state index in [-0.39, 0.29) is 11.9 Å². The number of hydrogen-bond acceptors (Lipinski definition) is 2. The van der Waals surface area contributed by atoms with Gasteiger partial charge in [0.1, 0.15) is 5.82 Å². The van der Waals surface area contributed by atoms with E-state index in [9.17, 15) is 4.39 Å². The molecular weight excluding hydrogens is 229 g/mol. The third-order valence-electron chi connectivity index (χ3n) is 2.33. The number of hydrogen-bond donors (Lipinski definition) is 1. The van der Waals surface area contributed by atoms with E-state index >= 15 is 0 Å². The van der Waals surface area contributed by atoms with Gasteiger partial charge in [-0.2, -0.15) is 0 Å². The molecule has 1 aromatic carbocycles. The summed E-state index contributed by atoms with van der Waals surface area (Å²) >= 11 is 5.91. The first-order valence-corrected chi connectivity index (χ1v) is 5.78. The molecule has 0 aromatic heterocycles. The van der Waals surface area contributed by atoms with Crippen molar-refractivity contribution < 1.29 is 9.13 Å². The van der Waals surface area contributed by atoms with Crippen LogP contribution in [-0.4, -0.2) is 19.3 Å². The standard InChI is InChI=1S/C12H17ClFNO/c1-2-16-6-5-11(15)7-9-3-4-10(14)8-12(9)13/h3-4,8,11H,2,5-7,15H2,1H3. The molecule has 4 heteroatoms. The van der Waals surface area contributed by atoms with Gasteiger partial charge in [-0.15, -0.1) is 0 Å². The van der Waals surface area contributed by atoms with Crippen LogP contribution in [0.4, 0.5) is 4.39 Å². The van der Waals surface area contributed by atoms with Crippen molar-refractivity contribution in [3.05, 3.63) is 34.6 Å². The lowest BCUT2D eigenvalue weighted by atomic mass is 10.0. The van der Waals surface area contributed by atoms with E-state index in [1.54, 1.807) is 6.07 Å². The van der Waals surface area contributed by atoms with E-state index in [1.165, 1.54) is 12.1 Å². The highest BCUT2D eigenvalue weighted by atomic mass is 35.5. The molecule has 0 aliphatic heterocycles. The van der Waals surface area contributed by atoms with E-state index < -0.39 is 0 Å². The summed E-state index contributed by atoms with van der Waals surface area (Å²) in [5, 5.41) is 0.437. The minimum absolute atomic E-state index is 0.00508. The summed E-state index contributed by atoms with van der Waals surface area (Å²) in [5.74, 6) is -0.323. The van der Waals surface area contributed by atoms with Crippen LogP contribution in [0.25, 0.3) is 0 Å². The summed E-state index contributed by atoms with van der Waals surface area (Å²) in [6.45, 7) is 3.29. The Hall–Kier alpha value is -0.640. The average molecular weight is 246 g/mol. The lowest BCUT2D eigenvalue weighted by Crippen LogP contribution is -2.24. The maximum Gasteiger partial charge on any atom is 0.124 e. The third kappa shape index (κ3) is 4.47. The molecule has 0 fully saturated rings. The summed E-state index contributed by atoms with van der Waals surface area (Å²) in [6, 6.07) is 4.38. The molecule has 1 atom stereocenters. The lowest BCUT2D eigenvalue weighted by Gasteiger charge is -2.12. The summed E-state index contributed by atoms with van der Waals surface area (Å²) in [7, 11) is 0. The van der Waals surface area contributed by atoms with Crippen molar-refractivity contribution in [3.63, 3.8) is 0 Å². The highest BCUT2D eigenvalue weighted by Crippen LogP contribution is 2.18. The number of ether oxygens (including phenoxy) is 1. The maximum absolute atomic E-state index is 12.8. The molecule has 1 unspecified atom stereocenters. The minimum atomic E-state index is -0.323. The van der Waals surface area contributed by atoms with Crippen LogP contribution >= 0.6 is 11.6 Å². The Balaban J connectivity index is 2.46. The van der Waals surface area contributed by atoms with Crippen molar-refractivity contribution in [3.8, 4) is 0 Å². The molecule has 0 spiro atoms. The van der Waals surface area contributed by atoms with Gasteiger partial charge in [-0.05, 0) is 37.5 Å². The van der Waals surface area contributed by atoms with Crippen LogP contribution in [0.2, 0.25) is 5.02 Å². The smallest absolute Gasteiger partial charge is 0.124 e. The van der Waals surface area contributed by atoms with Crippen LogP contribution in [0.1, 0.15) is 18.9 Å². The molecule has 0 aliphatic rings. The van der Waals surface area contributed by atoms with Gasteiger partial charge >= 0.3 is 0 Å². The van der Waals surface area contributed by atoms with Crippen molar-refractivity contribution in [2.24, 2.45) is 5.73 Å². The Morgan fingerprint density at radius 2 is 2.25 bits per heavy atom. The maximum atomic E-state index is 12.8. The first-order valence-electron chi connectivity index (χ1n) is 5.40. The molecule has 2 N–H and O–H groups in total. The van der Waals surface area contributed by atoms with Crippen LogP contribution < -0.4 is 5.73 Å². The van der Waals surface area contributed by atoms with Crippen molar-refractivity contribution in [1.29, 1.82) is 0 Å². The van der Waals surface area contributed by atoms with Gasteiger partial charge in [-0.1, -0.05) is 17.7 Å². The van der Waals surface area contributed by atoms with Gasteiger partial charge in [-0.3, -0.25) is 0 Å². The Labute approximate surface area is 101 Å². The number of rotatable bonds is 6. The van der Waals surface area contributed by atoms with E-state index in [4.69, 9.17) is 22.1 Å². The van der Waals surface area contributed by atoms with E-state index in [1.807, 2.05) is 6.92 Å². The fraction of sp³-hybridized carbons (Fsp3) is 0.500. The predicted molar refractivity (Wildman–Crippen MR) is 64.2 cm³/mol. The van der Waals surface area contributed by atoms with Crippen molar-refractivity contribution in [2.75, 3.05) is 13.2 Å². The molecule has 1 aromatic rings. The first-order chi connectivity index (χ1) is 7.63. The average Bonchev–Trinajstić information content (AvgIpc) is 2.23. The second kappa shape index (κ2) is 6.84. The third-order valence-corrected chi connectivity index (χ3v) is 2.69. The van der Waals surface area contributed by atoms with Gasteiger partial charge in [0, 0.05) is 24.3 Å². The molecule has 90 valence electrons. The molecule has 1 rings (SSSR count). The zero-order valence-corrected chi connectivity index (χ0v) is 10.1. The largest absolute Gasteiger partial charge is 0.382 e. The van der Waals surface area contributed by atoms with Gasteiger partial charge in [0.15, 0.2) is 0 Å². The van der Waals surface area contributed by atoms with E-state index in [0.717, 1.165) is 12.0 Å². The van der Waals surface area contributed by atoms with Gasteiger partial charge < -0.3 is 10.5 Å². The summed E-state index contributed by atoms with van der Waals surface area (Å²) in [4.78, 5) is 0. The Morgan fingerprint density at radius 1 is 1.50 bits per heavy atom. The Bertz CT molecular complexity index is 333. The number of benzene rings is 1. The first kappa shape index (κ1) is 13.4. The molecule has 0 heterocycles. The second-order valence-electron chi connectivity index (χ2n) is 3.69. The molecule has 16 heavy (non-hydrogen) atoms. The molecule has 0 aliphatic carbocycles. The number of halogens is 2. The van der Waals surface area contributed by atoms with E-state index in [2.05, 4.69) is 0 Å². The quantitative estimate of drug-likeness (QED) is 0.783. The van der Waals surface area contributed by atoms with Gasteiger partial charge in [0.05, 0.1) is 0 Å². The normalized spacial score (nSPS) is 12.8. The molecule has 0 bridgehead atoms. The van der Waals surface area contributed by atoms with Crippen LogP contribution in [0.3, 0.4) is 0 Å². The lowest BCUT2D eigenvalue weighted by molar-refractivity contribution is 0.140. The van der Waals surface area contributed by atoms with Crippen molar-refractivity contribution >= 4 is 11.6 Å². The minimum Gasteiger partial charge on any atom is -0.382 e.